The second-order valence-corrected chi connectivity index (χ2v) is 4.57. The van der Waals surface area contributed by atoms with Crippen LogP contribution in [0.25, 0.3) is 5.82 Å². The Morgan fingerprint density at radius 1 is 1.44 bits per heavy atom. The van der Waals surface area contributed by atoms with Crippen molar-refractivity contribution in [1.82, 2.24) is 14.8 Å². The molecule has 0 spiro atoms. The quantitative estimate of drug-likeness (QED) is 0.818. The minimum Gasteiger partial charge on any atom is -0.382 e. The van der Waals surface area contributed by atoms with Crippen molar-refractivity contribution in [3.8, 4) is 11.9 Å². The van der Waals surface area contributed by atoms with Crippen LogP contribution in [0.4, 0.5) is 5.82 Å². The highest BCUT2D eigenvalue weighted by atomic mass is 15.3. The Hall–Kier alpha value is -2.35. The van der Waals surface area contributed by atoms with E-state index in [1.54, 1.807) is 10.9 Å². The Balaban J connectivity index is 2.20. The maximum absolute atomic E-state index is 9.22. The first-order chi connectivity index (χ1) is 8.69. The number of aryl methyl sites for hydroxylation is 3. The van der Waals surface area contributed by atoms with E-state index < -0.39 is 0 Å². The topological polar surface area (TPSA) is 80.5 Å². The molecule has 2 aromatic rings. The SMILES string of the molecule is Cc1cn(-c2nc3c(cc2C#N)CCC3)nc1N. The molecule has 1 aliphatic carbocycles. The average molecular weight is 239 g/mol. The van der Waals surface area contributed by atoms with Crippen molar-refractivity contribution in [3.05, 3.63) is 34.6 Å². The highest BCUT2D eigenvalue weighted by Crippen LogP contribution is 2.24. The minimum atomic E-state index is 0.473. The summed E-state index contributed by atoms with van der Waals surface area (Å²) in [6.45, 7) is 1.89. The molecule has 0 atom stereocenters. The lowest BCUT2D eigenvalue weighted by Gasteiger charge is -2.06. The molecular weight excluding hydrogens is 226 g/mol. The number of nitrogen functional groups attached to an aromatic ring is 1. The van der Waals surface area contributed by atoms with Crippen LogP contribution < -0.4 is 5.73 Å². The molecule has 0 saturated heterocycles. The van der Waals surface area contributed by atoms with Gasteiger partial charge in [-0.1, -0.05) is 0 Å². The summed E-state index contributed by atoms with van der Waals surface area (Å²) in [5.41, 5.74) is 9.45. The second-order valence-electron chi connectivity index (χ2n) is 4.57. The molecule has 2 aromatic heterocycles. The second kappa shape index (κ2) is 3.84. The minimum absolute atomic E-state index is 0.473. The van der Waals surface area contributed by atoms with Crippen LogP contribution in [0.5, 0.6) is 0 Å². The van der Waals surface area contributed by atoms with Crippen molar-refractivity contribution in [2.45, 2.75) is 26.2 Å². The summed E-state index contributed by atoms with van der Waals surface area (Å²) in [5, 5.41) is 13.4. The van der Waals surface area contributed by atoms with Gasteiger partial charge in [-0.3, -0.25) is 0 Å². The van der Waals surface area contributed by atoms with E-state index in [2.05, 4.69) is 16.2 Å². The fourth-order valence-electron chi connectivity index (χ4n) is 2.30. The molecule has 2 heterocycles. The van der Waals surface area contributed by atoms with Crippen LogP contribution in [0.15, 0.2) is 12.3 Å². The third-order valence-corrected chi connectivity index (χ3v) is 3.30. The highest BCUT2D eigenvalue weighted by molar-refractivity contribution is 5.49. The van der Waals surface area contributed by atoms with E-state index >= 15 is 0 Å². The molecule has 0 radical (unpaired) electrons. The number of hydrogen-bond acceptors (Lipinski definition) is 4. The summed E-state index contributed by atoms with van der Waals surface area (Å²) in [6.07, 6.45) is 4.90. The number of aromatic nitrogens is 3. The molecule has 2 N–H and O–H groups in total. The van der Waals surface area contributed by atoms with E-state index in [0.29, 0.717) is 17.2 Å². The van der Waals surface area contributed by atoms with Crippen molar-refractivity contribution >= 4 is 5.82 Å². The van der Waals surface area contributed by atoms with Gasteiger partial charge in [0.05, 0.1) is 5.56 Å². The van der Waals surface area contributed by atoms with Gasteiger partial charge in [-0.2, -0.15) is 5.26 Å². The molecule has 5 heteroatoms. The van der Waals surface area contributed by atoms with E-state index in [1.807, 2.05) is 13.0 Å². The number of fused-ring (bicyclic) bond motifs is 1. The first kappa shape index (κ1) is 10.8. The molecule has 0 aromatic carbocycles. The maximum atomic E-state index is 9.22. The Morgan fingerprint density at radius 3 is 2.94 bits per heavy atom. The number of hydrogen-bond donors (Lipinski definition) is 1. The summed E-state index contributed by atoms with van der Waals surface area (Å²) in [5.74, 6) is 1.05. The van der Waals surface area contributed by atoms with E-state index in [0.717, 1.165) is 30.5 Å². The van der Waals surface area contributed by atoms with Crippen LogP contribution in [0.3, 0.4) is 0 Å². The lowest BCUT2D eigenvalue weighted by atomic mass is 10.1. The molecule has 0 fully saturated rings. The van der Waals surface area contributed by atoms with Gasteiger partial charge in [0.2, 0.25) is 0 Å². The van der Waals surface area contributed by atoms with E-state index in [-0.39, 0.29) is 0 Å². The normalized spacial score (nSPS) is 13.3. The number of nitriles is 1. The van der Waals surface area contributed by atoms with E-state index in [9.17, 15) is 5.26 Å². The van der Waals surface area contributed by atoms with Gasteiger partial charge < -0.3 is 5.73 Å². The molecule has 1 aliphatic rings. The number of anilines is 1. The van der Waals surface area contributed by atoms with Gasteiger partial charge in [0.15, 0.2) is 5.82 Å². The Kier molecular flexibility index (Phi) is 2.30. The van der Waals surface area contributed by atoms with Crippen LogP contribution in [0.2, 0.25) is 0 Å². The van der Waals surface area contributed by atoms with Gasteiger partial charge in [-0.15, -0.1) is 5.10 Å². The molecule has 0 aliphatic heterocycles. The molecule has 0 unspecified atom stereocenters. The summed E-state index contributed by atoms with van der Waals surface area (Å²) in [4.78, 5) is 4.57. The smallest absolute Gasteiger partial charge is 0.171 e. The maximum Gasteiger partial charge on any atom is 0.171 e. The third kappa shape index (κ3) is 1.54. The zero-order valence-electron chi connectivity index (χ0n) is 10.1. The zero-order chi connectivity index (χ0) is 12.7. The fourth-order valence-corrected chi connectivity index (χ4v) is 2.30. The van der Waals surface area contributed by atoms with Gasteiger partial charge >= 0.3 is 0 Å². The number of nitrogens with zero attached hydrogens (tertiary/aromatic N) is 4. The van der Waals surface area contributed by atoms with Gasteiger partial charge in [0, 0.05) is 17.5 Å². The summed E-state index contributed by atoms with van der Waals surface area (Å²) in [6, 6.07) is 4.12. The van der Waals surface area contributed by atoms with Crippen LogP contribution >= 0.6 is 0 Å². The standard InChI is InChI=1S/C13H13N5/c1-8-7-18(17-12(8)15)13-10(6-14)5-9-3-2-4-11(9)16-13/h5,7H,2-4H2,1H3,(H2,15,17). The van der Waals surface area contributed by atoms with Crippen LogP contribution in [0.1, 0.15) is 28.8 Å². The summed E-state index contributed by atoms with van der Waals surface area (Å²) < 4.78 is 1.60. The average Bonchev–Trinajstić information content (AvgIpc) is 2.94. The molecule has 90 valence electrons. The monoisotopic (exact) mass is 239 g/mol. The fraction of sp³-hybridized carbons (Fsp3) is 0.308. The molecule has 3 rings (SSSR count). The summed E-state index contributed by atoms with van der Waals surface area (Å²) >= 11 is 0. The summed E-state index contributed by atoms with van der Waals surface area (Å²) in [7, 11) is 0. The first-order valence-electron chi connectivity index (χ1n) is 5.94. The zero-order valence-corrected chi connectivity index (χ0v) is 10.1. The van der Waals surface area contributed by atoms with Gasteiger partial charge in [-0.05, 0) is 37.8 Å². The van der Waals surface area contributed by atoms with Crippen molar-refractivity contribution in [1.29, 1.82) is 5.26 Å². The predicted octanol–water partition coefficient (Wildman–Crippen LogP) is 1.52. The first-order valence-corrected chi connectivity index (χ1v) is 5.94. The predicted molar refractivity (Wildman–Crippen MR) is 67.2 cm³/mol. The lowest BCUT2D eigenvalue weighted by molar-refractivity contribution is 0.831. The van der Waals surface area contributed by atoms with Gasteiger partial charge in [0.1, 0.15) is 11.9 Å². The van der Waals surface area contributed by atoms with Crippen molar-refractivity contribution < 1.29 is 0 Å². The van der Waals surface area contributed by atoms with Gasteiger partial charge in [-0.25, -0.2) is 9.67 Å². The van der Waals surface area contributed by atoms with Crippen LogP contribution in [-0.4, -0.2) is 14.8 Å². The Labute approximate surface area is 105 Å². The molecule has 5 nitrogen and oxygen atoms in total. The van der Waals surface area contributed by atoms with E-state index in [1.165, 1.54) is 5.56 Å². The largest absolute Gasteiger partial charge is 0.382 e. The number of pyridine rings is 1. The molecule has 0 bridgehead atoms. The lowest BCUT2D eigenvalue weighted by Crippen LogP contribution is -2.05. The third-order valence-electron chi connectivity index (χ3n) is 3.30. The van der Waals surface area contributed by atoms with Crippen molar-refractivity contribution in [2.75, 3.05) is 5.73 Å². The molecular formula is C13H13N5. The molecule has 0 amide bonds. The Morgan fingerprint density at radius 2 is 2.28 bits per heavy atom. The molecule has 18 heavy (non-hydrogen) atoms. The van der Waals surface area contributed by atoms with E-state index in [4.69, 9.17) is 5.73 Å². The number of rotatable bonds is 1. The Bertz CT molecular complexity index is 643. The number of nitrogens with two attached hydrogens (primary N) is 1. The van der Waals surface area contributed by atoms with Crippen LogP contribution in [0, 0.1) is 18.3 Å². The molecule has 0 saturated carbocycles. The van der Waals surface area contributed by atoms with Crippen molar-refractivity contribution in [3.63, 3.8) is 0 Å². The van der Waals surface area contributed by atoms with Gasteiger partial charge in [0.25, 0.3) is 0 Å². The highest BCUT2D eigenvalue weighted by Gasteiger charge is 2.18. The van der Waals surface area contributed by atoms with Crippen LogP contribution in [-0.2, 0) is 12.8 Å². The van der Waals surface area contributed by atoms with Crippen molar-refractivity contribution in [2.24, 2.45) is 0 Å².